The Bertz CT molecular complexity index is 466. The molecule has 0 saturated carbocycles. The van der Waals surface area contributed by atoms with E-state index in [-0.39, 0.29) is 11.1 Å². The van der Waals surface area contributed by atoms with E-state index in [9.17, 15) is 4.39 Å². The summed E-state index contributed by atoms with van der Waals surface area (Å²) >= 11 is 0. The van der Waals surface area contributed by atoms with Crippen molar-refractivity contribution < 1.29 is 4.39 Å². The van der Waals surface area contributed by atoms with Crippen molar-refractivity contribution in [2.45, 2.75) is 0 Å². The highest BCUT2D eigenvalue weighted by molar-refractivity contribution is 5.49. The first-order valence-electron chi connectivity index (χ1n) is 3.37. The van der Waals surface area contributed by atoms with Gasteiger partial charge in [-0.25, -0.2) is 4.39 Å². The lowest BCUT2D eigenvalue weighted by atomic mass is 10.1. The smallest absolute Gasteiger partial charge is 0.152 e. The minimum absolute atomic E-state index is 0.240. The first-order chi connectivity index (χ1) is 6.27. The molecule has 0 heterocycles. The Morgan fingerprint density at radius 3 is 2.54 bits per heavy atom. The molecule has 0 saturated heterocycles. The zero-order valence-corrected chi connectivity index (χ0v) is 6.50. The Morgan fingerprint density at radius 2 is 1.92 bits per heavy atom. The molecule has 0 amide bonds. The van der Waals surface area contributed by atoms with Gasteiger partial charge in [-0.2, -0.15) is 10.5 Å². The van der Waals surface area contributed by atoms with Crippen LogP contribution in [0.25, 0.3) is 0 Å². The van der Waals surface area contributed by atoms with Gasteiger partial charge in [-0.3, -0.25) is 0 Å². The molecule has 60 valence electrons. The van der Waals surface area contributed by atoms with Gasteiger partial charge in [-0.05, 0) is 24.1 Å². The van der Waals surface area contributed by atoms with Gasteiger partial charge >= 0.3 is 0 Å². The van der Waals surface area contributed by atoms with E-state index in [2.05, 4.69) is 11.8 Å². The summed E-state index contributed by atoms with van der Waals surface area (Å²) in [5, 5.41) is 16.7. The summed E-state index contributed by atoms with van der Waals surface area (Å²) in [5.41, 5.74) is 0.508. The highest BCUT2D eigenvalue weighted by Crippen LogP contribution is 2.08. The van der Waals surface area contributed by atoms with Crippen LogP contribution in [-0.4, -0.2) is 0 Å². The normalized spacial score (nSPS) is 7.62. The summed E-state index contributed by atoms with van der Waals surface area (Å²) in [5.74, 6) is 4.01. The molecule has 0 aromatic heterocycles. The first-order valence-corrected chi connectivity index (χ1v) is 3.37. The van der Waals surface area contributed by atoms with Crippen LogP contribution in [0.3, 0.4) is 0 Å². The molecule has 1 rings (SSSR count). The van der Waals surface area contributed by atoms with Gasteiger partial charge in [-0.15, -0.1) is 0 Å². The van der Waals surface area contributed by atoms with E-state index >= 15 is 0 Å². The van der Waals surface area contributed by atoms with E-state index in [1.165, 1.54) is 12.1 Å². The number of nitrogens with zero attached hydrogens (tertiary/aromatic N) is 2. The highest BCUT2D eigenvalue weighted by Gasteiger charge is 1.99. The average Bonchev–Trinajstić information content (AvgIpc) is 2.15. The fourth-order valence-corrected chi connectivity index (χ4v) is 0.813. The van der Waals surface area contributed by atoms with Crippen LogP contribution in [-0.2, 0) is 0 Å². The van der Waals surface area contributed by atoms with Crippen molar-refractivity contribution in [2.75, 3.05) is 0 Å². The number of hydrogen-bond donors (Lipinski definition) is 0. The van der Waals surface area contributed by atoms with E-state index in [1.54, 1.807) is 6.07 Å². The Morgan fingerprint density at radius 1 is 1.15 bits per heavy atom. The van der Waals surface area contributed by atoms with Crippen molar-refractivity contribution in [3.05, 3.63) is 35.1 Å². The Hall–Kier alpha value is -2.31. The second-order valence-corrected chi connectivity index (χ2v) is 2.16. The summed E-state index contributed by atoms with van der Waals surface area (Å²) in [7, 11) is 0. The zero-order valence-electron chi connectivity index (χ0n) is 6.50. The monoisotopic (exact) mass is 170 g/mol. The summed E-state index contributed by atoms with van der Waals surface area (Å²) in [4.78, 5) is 0. The Balaban J connectivity index is 3.28. The molecule has 0 N–H and O–H groups in total. The molecule has 0 unspecified atom stereocenters. The SMILES string of the molecule is N#CC#Cc1cc(F)ccc1C#N. The molecular weight excluding hydrogens is 167 g/mol. The molecule has 0 aliphatic rings. The summed E-state index contributed by atoms with van der Waals surface area (Å²) in [6.45, 7) is 0. The molecular formula is C10H3FN2. The number of benzene rings is 1. The van der Waals surface area contributed by atoms with Crippen LogP contribution in [0.4, 0.5) is 4.39 Å². The molecule has 0 spiro atoms. The van der Waals surface area contributed by atoms with E-state index < -0.39 is 5.82 Å². The largest absolute Gasteiger partial charge is 0.207 e. The molecule has 1 aromatic rings. The van der Waals surface area contributed by atoms with Gasteiger partial charge in [0.2, 0.25) is 0 Å². The summed E-state index contributed by atoms with van der Waals surface area (Å²) in [6.07, 6.45) is 0. The second kappa shape index (κ2) is 3.90. The number of hydrogen-bond acceptors (Lipinski definition) is 2. The Labute approximate surface area is 74.8 Å². The van der Waals surface area contributed by atoms with E-state index in [0.29, 0.717) is 0 Å². The van der Waals surface area contributed by atoms with Crippen LogP contribution in [0.5, 0.6) is 0 Å². The zero-order chi connectivity index (χ0) is 9.68. The third kappa shape index (κ3) is 2.06. The number of rotatable bonds is 0. The van der Waals surface area contributed by atoms with Gasteiger partial charge < -0.3 is 0 Å². The van der Waals surface area contributed by atoms with Gasteiger partial charge in [0.25, 0.3) is 0 Å². The van der Waals surface area contributed by atoms with Crippen LogP contribution in [0.15, 0.2) is 18.2 Å². The van der Waals surface area contributed by atoms with Crippen LogP contribution in [0.1, 0.15) is 11.1 Å². The van der Waals surface area contributed by atoms with Gasteiger partial charge in [0.15, 0.2) is 6.07 Å². The maximum Gasteiger partial charge on any atom is 0.152 e. The van der Waals surface area contributed by atoms with E-state index in [4.69, 9.17) is 10.5 Å². The lowest BCUT2D eigenvalue weighted by molar-refractivity contribution is 0.627. The highest BCUT2D eigenvalue weighted by atomic mass is 19.1. The lowest BCUT2D eigenvalue weighted by Crippen LogP contribution is -1.84. The summed E-state index contributed by atoms with van der Waals surface area (Å²) in [6, 6.07) is 7.08. The molecule has 0 aliphatic heterocycles. The maximum atomic E-state index is 12.7. The van der Waals surface area contributed by atoms with Crippen LogP contribution in [0, 0.1) is 40.3 Å². The summed E-state index contributed by atoms with van der Waals surface area (Å²) < 4.78 is 12.7. The molecule has 0 atom stereocenters. The fraction of sp³-hybridized carbons (Fsp3) is 0. The third-order valence-electron chi connectivity index (χ3n) is 1.36. The van der Waals surface area contributed by atoms with E-state index in [1.807, 2.05) is 6.07 Å². The minimum Gasteiger partial charge on any atom is -0.207 e. The topological polar surface area (TPSA) is 47.6 Å². The molecule has 0 aliphatic carbocycles. The number of nitriles is 2. The standard InChI is InChI=1S/C10H3FN2/c11-10-4-3-9(7-13)8(6-10)2-1-5-12/h3-4,6H. The molecule has 13 heavy (non-hydrogen) atoms. The van der Waals surface area contributed by atoms with E-state index in [0.717, 1.165) is 6.07 Å². The third-order valence-corrected chi connectivity index (χ3v) is 1.36. The van der Waals surface area contributed by atoms with Crippen molar-refractivity contribution in [2.24, 2.45) is 0 Å². The molecule has 3 heteroatoms. The predicted molar refractivity (Wildman–Crippen MR) is 43.6 cm³/mol. The maximum absolute atomic E-state index is 12.7. The van der Waals surface area contributed by atoms with Crippen molar-refractivity contribution in [1.82, 2.24) is 0 Å². The second-order valence-electron chi connectivity index (χ2n) is 2.16. The number of halogens is 1. The molecule has 0 bridgehead atoms. The molecule has 2 nitrogen and oxygen atoms in total. The Kier molecular flexibility index (Phi) is 2.64. The van der Waals surface area contributed by atoms with Crippen molar-refractivity contribution in [1.29, 1.82) is 10.5 Å². The quantitative estimate of drug-likeness (QED) is 0.555. The minimum atomic E-state index is -0.471. The van der Waals surface area contributed by atoms with Gasteiger partial charge in [-0.1, -0.05) is 0 Å². The van der Waals surface area contributed by atoms with Crippen LogP contribution < -0.4 is 0 Å². The fourth-order valence-electron chi connectivity index (χ4n) is 0.813. The van der Waals surface area contributed by atoms with Crippen molar-refractivity contribution in [3.8, 4) is 24.0 Å². The van der Waals surface area contributed by atoms with Gasteiger partial charge in [0.05, 0.1) is 5.56 Å². The predicted octanol–water partition coefficient (Wildman–Crippen LogP) is 1.57. The van der Waals surface area contributed by atoms with Crippen LogP contribution >= 0.6 is 0 Å². The van der Waals surface area contributed by atoms with Crippen LogP contribution in [0.2, 0.25) is 0 Å². The molecule has 0 radical (unpaired) electrons. The van der Waals surface area contributed by atoms with Crippen molar-refractivity contribution in [3.63, 3.8) is 0 Å². The molecule has 0 fully saturated rings. The molecule has 1 aromatic carbocycles. The van der Waals surface area contributed by atoms with Crippen molar-refractivity contribution >= 4 is 0 Å². The first kappa shape index (κ1) is 8.78. The lowest BCUT2D eigenvalue weighted by Gasteiger charge is -1.93. The average molecular weight is 170 g/mol. The van der Waals surface area contributed by atoms with Gasteiger partial charge in [0, 0.05) is 11.5 Å². The van der Waals surface area contributed by atoms with Gasteiger partial charge in [0.1, 0.15) is 11.9 Å².